The van der Waals surface area contributed by atoms with Crippen molar-refractivity contribution < 1.29 is 9.53 Å². The highest BCUT2D eigenvalue weighted by Gasteiger charge is 2.17. The van der Waals surface area contributed by atoms with E-state index in [1.54, 1.807) is 6.20 Å². The van der Waals surface area contributed by atoms with E-state index in [1.807, 2.05) is 35.1 Å². The predicted molar refractivity (Wildman–Crippen MR) is 79.2 cm³/mol. The van der Waals surface area contributed by atoms with Crippen LogP contribution in [0.2, 0.25) is 0 Å². The van der Waals surface area contributed by atoms with Crippen LogP contribution >= 0.6 is 0 Å². The number of fused-ring (bicyclic) bond motifs is 1. The lowest BCUT2D eigenvalue weighted by Gasteiger charge is -2.21. The summed E-state index contributed by atoms with van der Waals surface area (Å²) in [5, 5.41) is 10.4. The molecule has 1 aliphatic heterocycles. The van der Waals surface area contributed by atoms with Crippen molar-refractivity contribution in [3.05, 3.63) is 42.2 Å². The van der Waals surface area contributed by atoms with E-state index in [4.69, 9.17) is 4.74 Å². The minimum Gasteiger partial charge on any atom is -0.482 e. The Morgan fingerprint density at radius 3 is 3.24 bits per heavy atom. The zero-order valence-corrected chi connectivity index (χ0v) is 11.9. The summed E-state index contributed by atoms with van der Waals surface area (Å²) < 4.78 is 7.25. The molecule has 1 aromatic carbocycles. The van der Waals surface area contributed by atoms with Crippen LogP contribution in [0.15, 0.2) is 36.7 Å². The third-order valence-corrected chi connectivity index (χ3v) is 3.49. The lowest BCUT2D eigenvalue weighted by molar-refractivity contribution is -0.118. The molecule has 2 N–H and O–H groups in total. The first-order valence-corrected chi connectivity index (χ1v) is 7.00. The number of amides is 1. The maximum Gasteiger partial charge on any atom is 0.262 e. The summed E-state index contributed by atoms with van der Waals surface area (Å²) in [4.78, 5) is 11.3. The zero-order valence-electron chi connectivity index (χ0n) is 11.9. The topological polar surface area (TPSA) is 68.2 Å². The molecular formula is C15H18N4O2. The lowest BCUT2D eigenvalue weighted by atomic mass is 10.1. The summed E-state index contributed by atoms with van der Waals surface area (Å²) in [7, 11) is 0. The van der Waals surface area contributed by atoms with Gasteiger partial charge in [0, 0.05) is 25.0 Å². The van der Waals surface area contributed by atoms with Gasteiger partial charge in [-0.2, -0.15) is 5.10 Å². The molecule has 0 saturated carbocycles. The Morgan fingerprint density at radius 2 is 2.43 bits per heavy atom. The fourth-order valence-corrected chi connectivity index (χ4v) is 2.32. The Kier molecular flexibility index (Phi) is 3.87. The van der Waals surface area contributed by atoms with E-state index in [9.17, 15) is 4.79 Å². The van der Waals surface area contributed by atoms with E-state index in [1.165, 1.54) is 0 Å². The van der Waals surface area contributed by atoms with Gasteiger partial charge in [-0.3, -0.25) is 9.48 Å². The van der Waals surface area contributed by atoms with Crippen LogP contribution < -0.4 is 15.4 Å². The molecule has 0 radical (unpaired) electrons. The second-order valence-electron chi connectivity index (χ2n) is 5.04. The summed E-state index contributed by atoms with van der Waals surface area (Å²) >= 11 is 0. The van der Waals surface area contributed by atoms with Gasteiger partial charge < -0.3 is 15.4 Å². The van der Waals surface area contributed by atoms with Gasteiger partial charge in [0.05, 0.1) is 12.2 Å². The fraction of sp³-hybridized carbons (Fsp3) is 0.333. The Bertz CT molecular complexity index is 625. The van der Waals surface area contributed by atoms with E-state index in [0.717, 1.165) is 30.1 Å². The number of carbonyl (C=O) groups excluding carboxylic acids is 1. The average molecular weight is 286 g/mol. The maximum atomic E-state index is 11.3. The SMILES string of the molecule is CC(NCCn1cccn1)c1ccc2c(c1)NC(=O)CO2. The molecule has 110 valence electrons. The second-order valence-corrected chi connectivity index (χ2v) is 5.04. The number of nitrogens with zero attached hydrogens (tertiary/aromatic N) is 2. The van der Waals surface area contributed by atoms with Crippen molar-refractivity contribution in [1.29, 1.82) is 0 Å². The van der Waals surface area contributed by atoms with Gasteiger partial charge in [0.2, 0.25) is 0 Å². The van der Waals surface area contributed by atoms with Crippen molar-refractivity contribution in [1.82, 2.24) is 15.1 Å². The van der Waals surface area contributed by atoms with Crippen LogP contribution in [0.3, 0.4) is 0 Å². The minimum atomic E-state index is -0.112. The van der Waals surface area contributed by atoms with Crippen LogP contribution in [0.4, 0.5) is 5.69 Å². The molecule has 1 amide bonds. The van der Waals surface area contributed by atoms with Gasteiger partial charge in [-0.1, -0.05) is 6.07 Å². The average Bonchev–Trinajstić information content (AvgIpc) is 2.99. The first-order valence-electron chi connectivity index (χ1n) is 7.00. The molecule has 6 heteroatoms. The Balaban J connectivity index is 1.60. The first kappa shape index (κ1) is 13.6. The van der Waals surface area contributed by atoms with Crippen molar-refractivity contribution in [3.63, 3.8) is 0 Å². The monoisotopic (exact) mass is 286 g/mol. The number of hydrogen-bond acceptors (Lipinski definition) is 4. The van der Waals surface area contributed by atoms with E-state index < -0.39 is 0 Å². The van der Waals surface area contributed by atoms with E-state index >= 15 is 0 Å². The molecule has 2 aromatic rings. The fourth-order valence-electron chi connectivity index (χ4n) is 2.32. The Morgan fingerprint density at radius 1 is 1.52 bits per heavy atom. The summed E-state index contributed by atoms with van der Waals surface area (Å²) in [6.45, 7) is 3.82. The van der Waals surface area contributed by atoms with Crippen molar-refractivity contribution in [2.75, 3.05) is 18.5 Å². The maximum absolute atomic E-state index is 11.3. The van der Waals surface area contributed by atoms with E-state index in [-0.39, 0.29) is 18.6 Å². The summed E-state index contributed by atoms with van der Waals surface area (Å²) in [6.07, 6.45) is 3.72. The number of rotatable bonds is 5. The van der Waals surface area contributed by atoms with Crippen molar-refractivity contribution in [3.8, 4) is 5.75 Å². The molecule has 0 saturated heterocycles. The van der Waals surface area contributed by atoms with Gasteiger partial charge in [0.1, 0.15) is 5.75 Å². The summed E-state index contributed by atoms with van der Waals surface area (Å²) in [5.74, 6) is 0.612. The lowest BCUT2D eigenvalue weighted by Crippen LogP contribution is -2.26. The Hall–Kier alpha value is -2.34. The molecule has 1 aromatic heterocycles. The number of benzene rings is 1. The largest absolute Gasteiger partial charge is 0.482 e. The number of ether oxygens (including phenoxy) is 1. The van der Waals surface area contributed by atoms with Gasteiger partial charge in [-0.05, 0) is 30.7 Å². The third kappa shape index (κ3) is 3.22. The second kappa shape index (κ2) is 5.97. The van der Waals surface area contributed by atoms with E-state index in [0.29, 0.717) is 0 Å². The molecule has 2 heterocycles. The summed E-state index contributed by atoms with van der Waals surface area (Å²) in [5.41, 5.74) is 1.85. The predicted octanol–water partition coefficient (Wildman–Crippen LogP) is 1.56. The molecule has 0 spiro atoms. The number of nitrogens with one attached hydrogen (secondary N) is 2. The number of hydrogen-bond donors (Lipinski definition) is 2. The molecule has 0 aliphatic carbocycles. The molecule has 1 atom stereocenters. The molecule has 1 aliphatic rings. The molecule has 3 rings (SSSR count). The molecule has 6 nitrogen and oxygen atoms in total. The van der Waals surface area contributed by atoms with E-state index in [2.05, 4.69) is 22.7 Å². The van der Waals surface area contributed by atoms with Gasteiger partial charge >= 0.3 is 0 Å². The van der Waals surface area contributed by atoms with Gasteiger partial charge in [-0.25, -0.2) is 0 Å². The Labute approximate surface area is 123 Å². The molecule has 21 heavy (non-hydrogen) atoms. The normalized spacial score (nSPS) is 15.0. The van der Waals surface area contributed by atoms with Crippen LogP contribution in [0, 0.1) is 0 Å². The van der Waals surface area contributed by atoms with Gasteiger partial charge in [0.15, 0.2) is 6.61 Å². The van der Waals surface area contributed by atoms with Crippen LogP contribution in [-0.4, -0.2) is 28.8 Å². The smallest absolute Gasteiger partial charge is 0.262 e. The number of carbonyl (C=O) groups is 1. The van der Waals surface area contributed by atoms with Crippen LogP contribution in [-0.2, 0) is 11.3 Å². The number of aromatic nitrogens is 2. The van der Waals surface area contributed by atoms with Crippen molar-refractivity contribution >= 4 is 11.6 Å². The molecule has 0 fully saturated rings. The van der Waals surface area contributed by atoms with Crippen molar-refractivity contribution in [2.24, 2.45) is 0 Å². The summed E-state index contributed by atoms with van der Waals surface area (Å²) in [6, 6.07) is 7.97. The molecule has 1 unspecified atom stereocenters. The zero-order chi connectivity index (χ0) is 14.7. The highest BCUT2D eigenvalue weighted by atomic mass is 16.5. The molecular weight excluding hydrogens is 268 g/mol. The highest BCUT2D eigenvalue weighted by molar-refractivity contribution is 5.95. The quantitative estimate of drug-likeness (QED) is 0.875. The third-order valence-electron chi connectivity index (χ3n) is 3.49. The highest BCUT2D eigenvalue weighted by Crippen LogP contribution is 2.30. The van der Waals surface area contributed by atoms with Crippen molar-refractivity contribution in [2.45, 2.75) is 19.5 Å². The number of anilines is 1. The van der Waals surface area contributed by atoms with Crippen LogP contribution in [0.1, 0.15) is 18.5 Å². The standard InChI is InChI=1S/C15H18N4O2/c1-11(16-6-8-19-7-2-5-17-19)12-3-4-14-13(9-12)18-15(20)10-21-14/h2-5,7,9,11,16H,6,8,10H2,1H3,(H,18,20). The molecule has 0 bridgehead atoms. The van der Waals surface area contributed by atoms with Crippen LogP contribution in [0.5, 0.6) is 5.75 Å². The van der Waals surface area contributed by atoms with Gasteiger partial charge in [0.25, 0.3) is 5.91 Å². The van der Waals surface area contributed by atoms with Gasteiger partial charge in [-0.15, -0.1) is 0 Å². The van der Waals surface area contributed by atoms with Crippen LogP contribution in [0.25, 0.3) is 0 Å². The first-order chi connectivity index (χ1) is 10.2. The minimum absolute atomic E-state index is 0.0873.